The van der Waals surface area contributed by atoms with Crippen molar-refractivity contribution in [3.63, 3.8) is 0 Å². The van der Waals surface area contributed by atoms with Crippen LogP contribution in [0.2, 0.25) is 0 Å². The standard InChI is InChI=1S/C13H21N3O2/c1-10(7-8-14)3-5-12(17)16-11-4-6-13(18-2)15-9-11/h4,6,9-10H,3,5,7-8,14H2,1-2H3,(H,16,17). The maximum Gasteiger partial charge on any atom is 0.224 e. The van der Waals surface area contributed by atoms with Crippen LogP contribution in [0.25, 0.3) is 0 Å². The van der Waals surface area contributed by atoms with Gasteiger partial charge >= 0.3 is 0 Å². The summed E-state index contributed by atoms with van der Waals surface area (Å²) in [6, 6.07) is 3.49. The third kappa shape index (κ3) is 5.14. The van der Waals surface area contributed by atoms with Crippen LogP contribution in [-0.2, 0) is 4.79 Å². The number of anilines is 1. The van der Waals surface area contributed by atoms with E-state index in [1.807, 2.05) is 0 Å². The van der Waals surface area contributed by atoms with Gasteiger partial charge in [0.1, 0.15) is 0 Å². The Morgan fingerprint density at radius 2 is 2.28 bits per heavy atom. The largest absolute Gasteiger partial charge is 0.481 e. The maximum absolute atomic E-state index is 11.7. The van der Waals surface area contributed by atoms with Gasteiger partial charge in [0, 0.05) is 12.5 Å². The summed E-state index contributed by atoms with van der Waals surface area (Å²) in [5.74, 6) is 1.02. The van der Waals surface area contributed by atoms with E-state index in [-0.39, 0.29) is 5.91 Å². The number of amides is 1. The van der Waals surface area contributed by atoms with Gasteiger partial charge in [0.15, 0.2) is 0 Å². The van der Waals surface area contributed by atoms with E-state index in [1.165, 1.54) is 0 Å². The number of nitrogens with one attached hydrogen (secondary N) is 1. The molecule has 0 aromatic carbocycles. The second kappa shape index (κ2) is 7.66. The van der Waals surface area contributed by atoms with Gasteiger partial charge < -0.3 is 15.8 Å². The number of methoxy groups -OCH3 is 1. The van der Waals surface area contributed by atoms with Crippen molar-refractivity contribution in [3.05, 3.63) is 18.3 Å². The molecule has 0 fully saturated rings. The maximum atomic E-state index is 11.7. The number of hydrogen-bond donors (Lipinski definition) is 2. The minimum atomic E-state index is 0.00541. The number of carbonyl (C=O) groups is 1. The van der Waals surface area contributed by atoms with Crippen LogP contribution in [0.3, 0.4) is 0 Å². The molecule has 1 atom stereocenters. The van der Waals surface area contributed by atoms with Crippen molar-refractivity contribution in [3.8, 4) is 5.88 Å². The lowest BCUT2D eigenvalue weighted by Gasteiger charge is -2.10. The highest BCUT2D eigenvalue weighted by molar-refractivity contribution is 5.90. The number of carbonyl (C=O) groups excluding carboxylic acids is 1. The molecular weight excluding hydrogens is 230 g/mol. The van der Waals surface area contributed by atoms with Gasteiger partial charge in [-0.3, -0.25) is 4.79 Å². The van der Waals surface area contributed by atoms with Crippen molar-refractivity contribution < 1.29 is 9.53 Å². The van der Waals surface area contributed by atoms with Crippen LogP contribution in [-0.4, -0.2) is 24.5 Å². The van der Waals surface area contributed by atoms with Gasteiger partial charge in [-0.25, -0.2) is 4.98 Å². The Morgan fingerprint density at radius 1 is 1.50 bits per heavy atom. The van der Waals surface area contributed by atoms with E-state index in [0.29, 0.717) is 30.5 Å². The molecule has 0 bridgehead atoms. The molecule has 5 heteroatoms. The fourth-order valence-corrected chi connectivity index (χ4v) is 1.60. The predicted octanol–water partition coefficient (Wildman–Crippen LogP) is 1.79. The molecule has 0 saturated carbocycles. The number of rotatable bonds is 7. The molecule has 100 valence electrons. The lowest BCUT2D eigenvalue weighted by atomic mass is 10.0. The van der Waals surface area contributed by atoms with Gasteiger partial charge in [0.25, 0.3) is 0 Å². The first-order chi connectivity index (χ1) is 8.65. The molecule has 1 aromatic heterocycles. The molecule has 0 radical (unpaired) electrons. The van der Waals surface area contributed by atoms with Crippen LogP contribution >= 0.6 is 0 Å². The Kier molecular flexibility index (Phi) is 6.14. The van der Waals surface area contributed by atoms with Crippen molar-refractivity contribution in [1.29, 1.82) is 0 Å². The molecule has 0 spiro atoms. The Bertz CT molecular complexity index is 365. The number of hydrogen-bond acceptors (Lipinski definition) is 4. The van der Waals surface area contributed by atoms with E-state index < -0.39 is 0 Å². The summed E-state index contributed by atoms with van der Waals surface area (Å²) >= 11 is 0. The summed E-state index contributed by atoms with van der Waals surface area (Å²) in [7, 11) is 1.55. The Hall–Kier alpha value is -1.62. The van der Waals surface area contributed by atoms with Gasteiger partial charge in [-0.1, -0.05) is 6.92 Å². The summed E-state index contributed by atoms with van der Waals surface area (Å²) in [6.07, 6.45) is 3.90. The number of nitrogens with two attached hydrogens (primary N) is 1. The van der Waals surface area contributed by atoms with E-state index in [2.05, 4.69) is 17.2 Å². The minimum absolute atomic E-state index is 0.00541. The molecule has 0 saturated heterocycles. The van der Waals surface area contributed by atoms with E-state index >= 15 is 0 Å². The summed E-state index contributed by atoms with van der Waals surface area (Å²) in [5, 5.41) is 2.80. The van der Waals surface area contributed by atoms with Crippen LogP contribution in [0.15, 0.2) is 18.3 Å². The summed E-state index contributed by atoms with van der Waals surface area (Å²) in [5.41, 5.74) is 6.15. The first-order valence-electron chi connectivity index (χ1n) is 6.15. The number of ether oxygens (including phenoxy) is 1. The fourth-order valence-electron chi connectivity index (χ4n) is 1.60. The van der Waals surface area contributed by atoms with Crippen molar-refractivity contribution in [2.24, 2.45) is 11.7 Å². The van der Waals surface area contributed by atoms with Gasteiger partial charge in [0.05, 0.1) is 19.0 Å². The van der Waals surface area contributed by atoms with E-state index in [1.54, 1.807) is 25.4 Å². The van der Waals surface area contributed by atoms with Gasteiger partial charge in [-0.2, -0.15) is 0 Å². The van der Waals surface area contributed by atoms with Crippen LogP contribution in [0.5, 0.6) is 5.88 Å². The summed E-state index contributed by atoms with van der Waals surface area (Å²) in [4.78, 5) is 15.7. The molecule has 18 heavy (non-hydrogen) atoms. The monoisotopic (exact) mass is 251 g/mol. The van der Waals surface area contributed by atoms with Gasteiger partial charge in [-0.05, 0) is 31.4 Å². The minimum Gasteiger partial charge on any atom is -0.481 e. The molecule has 1 heterocycles. The van der Waals surface area contributed by atoms with Crippen LogP contribution in [0.4, 0.5) is 5.69 Å². The first kappa shape index (κ1) is 14.4. The van der Waals surface area contributed by atoms with Crippen LogP contribution < -0.4 is 15.8 Å². The zero-order valence-corrected chi connectivity index (χ0v) is 11.0. The highest BCUT2D eigenvalue weighted by Gasteiger charge is 2.07. The molecule has 1 aromatic rings. The molecule has 0 aliphatic rings. The molecule has 1 amide bonds. The normalized spacial score (nSPS) is 11.9. The Balaban J connectivity index is 2.35. The Labute approximate surface area is 108 Å². The SMILES string of the molecule is COc1ccc(NC(=O)CCC(C)CCN)cn1. The van der Waals surface area contributed by atoms with Gasteiger partial charge in [-0.15, -0.1) is 0 Å². The number of aromatic nitrogens is 1. The topological polar surface area (TPSA) is 77.2 Å². The zero-order valence-electron chi connectivity index (χ0n) is 11.0. The predicted molar refractivity (Wildman–Crippen MR) is 71.5 cm³/mol. The highest BCUT2D eigenvalue weighted by atomic mass is 16.5. The smallest absolute Gasteiger partial charge is 0.224 e. The average Bonchev–Trinajstić information content (AvgIpc) is 2.38. The lowest BCUT2D eigenvalue weighted by Crippen LogP contribution is -2.14. The van der Waals surface area contributed by atoms with E-state index in [9.17, 15) is 4.79 Å². The molecule has 0 aliphatic carbocycles. The van der Waals surface area contributed by atoms with Crippen LogP contribution in [0, 0.1) is 5.92 Å². The number of nitrogens with zero attached hydrogens (tertiary/aromatic N) is 1. The molecule has 1 unspecified atom stereocenters. The van der Waals surface area contributed by atoms with Gasteiger partial charge in [0.2, 0.25) is 11.8 Å². The summed E-state index contributed by atoms with van der Waals surface area (Å²) < 4.78 is 4.94. The second-order valence-corrected chi connectivity index (χ2v) is 4.36. The molecule has 0 aliphatic heterocycles. The van der Waals surface area contributed by atoms with E-state index in [4.69, 9.17) is 10.5 Å². The summed E-state index contributed by atoms with van der Waals surface area (Å²) in [6.45, 7) is 2.78. The average molecular weight is 251 g/mol. The molecular formula is C13H21N3O2. The second-order valence-electron chi connectivity index (χ2n) is 4.36. The third-order valence-corrected chi connectivity index (χ3v) is 2.75. The van der Waals surface area contributed by atoms with E-state index in [0.717, 1.165) is 12.8 Å². The quantitative estimate of drug-likeness (QED) is 0.774. The molecule has 5 nitrogen and oxygen atoms in total. The molecule has 3 N–H and O–H groups in total. The van der Waals surface area contributed by atoms with Crippen LogP contribution in [0.1, 0.15) is 26.2 Å². The molecule has 1 rings (SSSR count). The van der Waals surface area contributed by atoms with Crippen molar-refractivity contribution in [1.82, 2.24) is 4.98 Å². The number of pyridine rings is 1. The first-order valence-corrected chi connectivity index (χ1v) is 6.15. The third-order valence-electron chi connectivity index (χ3n) is 2.75. The zero-order chi connectivity index (χ0) is 13.4. The van der Waals surface area contributed by atoms with Crippen molar-refractivity contribution >= 4 is 11.6 Å². The lowest BCUT2D eigenvalue weighted by molar-refractivity contribution is -0.116. The highest BCUT2D eigenvalue weighted by Crippen LogP contribution is 2.13. The Morgan fingerprint density at radius 3 is 2.83 bits per heavy atom. The fraction of sp³-hybridized carbons (Fsp3) is 0.538. The van der Waals surface area contributed by atoms with Crippen molar-refractivity contribution in [2.45, 2.75) is 26.2 Å². The van der Waals surface area contributed by atoms with Crippen molar-refractivity contribution in [2.75, 3.05) is 19.0 Å².